The minimum absolute atomic E-state index is 0.271. The number of rotatable bonds is 9. The highest BCUT2D eigenvalue weighted by Gasteiger charge is 2.39. The van der Waals surface area contributed by atoms with Crippen LogP contribution in [0.25, 0.3) is 33.4 Å². The fourth-order valence-electron chi connectivity index (χ4n) is 7.45. The highest BCUT2D eigenvalue weighted by molar-refractivity contribution is 6.02. The van der Waals surface area contributed by atoms with Gasteiger partial charge in [0, 0.05) is 86.0 Å². The second-order valence-electron chi connectivity index (χ2n) is 13.0. The van der Waals surface area contributed by atoms with E-state index in [1.165, 1.54) is 24.4 Å². The Morgan fingerprint density at radius 3 is 2.51 bits per heavy atom. The Morgan fingerprint density at radius 2 is 1.81 bits per heavy atom. The molecule has 2 saturated heterocycles. The lowest BCUT2D eigenvalue weighted by atomic mass is 10.0. The number of methoxy groups -OCH3 is 1. The number of nitrogens with one attached hydrogen (secondary N) is 2. The second-order valence-corrected chi connectivity index (χ2v) is 13.0. The molecule has 11 nitrogen and oxygen atoms in total. The summed E-state index contributed by atoms with van der Waals surface area (Å²) < 4.78 is 10.1. The first-order chi connectivity index (χ1) is 22.9. The molecule has 2 aliphatic heterocycles. The molecule has 1 amide bonds. The van der Waals surface area contributed by atoms with Crippen LogP contribution in [-0.2, 0) is 11.8 Å². The molecule has 8 rings (SSSR count). The Bertz CT molecular complexity index is 1990. The quantitative estimate of drug-likeness (QED) is 0.200. The number of ether oxygens (including phenoxy) is 1. The smallest absolute Gasteiger partial charge is 0.247 e. The van der Waals surface area contributed by atoms with Crippen LogP contribution in [-0.4, -0.2) is 75.5 Å². The molecule has 0 bridgehead atoms. The number of carbonyl (C=O) groups excluding carboxylic acids is 1. The molecule has 11 heteroatoms. The molecule has 0 spiro atoms. The van der Waals surface area contributed by atoms with E-state index in [4.69, 9.17) is 14.7 Å². The third kappa shape index (κ3) is 5.30. The minimum Gasteiger partial charge on any atom is -0.494 e. The number of likely N-dealkylation sites (tertiary alicyclic amines) is 1. The van der Waals surface area contributed by atoms with Crippen molar-refractivity contribution in [3.8, 4) is 28.3 Å². The van der Waals surface area contributed by atoms with Crippen LogP contribution in [0.4, 0.5) is 23.0 Å². The first-order valence-electron chi connectivity index (χ1n) is 16.2. The van der Waals surface area contributed by atoms with Crippen LogP contribution in [0.15, 0.2) is 73.7 Å². The number of anilines is 4. The molecule has 3 fully saturated rings. The second kappa shape index (κ2) is 11.6. The number of carbonyl (C=O) groups is 1. The third-order valence-corrected chi connectivity index (χ3v) is 9.84. The van der Waals surface area contributed by atoms with E-state index < -0.39 is 0 Å². The van der Waals surface area contributed by atoms with Crippen LogP contribution in [0.5, 0.6) is 5.75 Å². The van der Waals surface area contributed by atoms with Crippen molar-refractivity contribution in [2.45, 2.75) is 18.9 Å². The molecule has 5 heterocycles. The highest BCUT2D eigenvalue weighted by atomic mass is 16.5. The molecule has 47 heavy (non-hydrogen) atoms. The summed E-state index contributed by atoms with van der Waals surface area (Å²) in [5.41, 5.74) is 7.13. The highest BCUT2D eigenvalue weighted by Crippen LogP contribution is 2.44. The summed E-state index contributed by atoms with van der Waals surface area (Å²) in [6, 6.07) is 14.9. The van der Waals surface area contributed by atoms with Crippen LogP contribution in [0.2, 0.25) is 0 Å². The summed E-state index contributed by atoms with van der Waals surface area (Å²) in [7, 11) is 5.77. The molecule has 3 aromatic heterocycles. The van der Waals surface area contributed by atoms with Crippen LogP contribution in [0, 0.1) is 11.8 Å². The van der Waals surface area contributed by atoms with E-state index in [1.54, 1.807) is 13.3 Å². The maximum atomic E-state index is 12.6. The van der Waals surface area contributed by atoms with Gasteiger partial charge in [-0.25, -0.2) is 9.97 Å². The topological polar surface area (TPSA) is 105 Å². The summed E-state index contributed by atoms with van der Waals surface area (Å²) in [6.45, 7) is 7.70. The lowest BCUT2D eigenvalue weighted by Gasteiger charge is -2.26. The van der Waals surface area contributed by atoms with Crippen molar-refractivity contribution in [3.63, 3.8) is 0 Å². The number of aryl methyl sites for hydroxylation is 1. The van der Waals surface area contributed by atoms with E-state index in [2.05, 4.69) is 74.2 Å². The lowest BCUT2D eigenvalue weighted by molar-refractivity contribution is -0.111. The number of hydrogen-bond donors (Lipinski definition) is 2. The zero-order chi connectivity index (χ0) is 32.2. The normalized spacial score (nSPS) is 19.3. The Morgan fingerprint density at radius 1 is 1.02 bits per heavy atom. The maximum Gasteiger partial charge on any atom is 0.247 e. The van der Waals surface area contributed by atoms with Gasteiger partial charge in [0.15, 0.2) is 0 Å². The number of amides is 1. The Balaban J connectivity index is 1.21. The molecule has 3 aliphatic rings. The lowest BCUT2D eigenvalue weighted by Crippen LogP contribution is -2.27. The number of nitrogens with zero attached hydrogens (tertiary/aromatic N) is 7. The van der Waals surface area contributed by atoms with Gasteiger partial charge < -0.3 is 29.7 Å². The van der Waals surface area contributed by atoms with Crippen molar-refractivity contribution >= 4 is 39.8 Å². The largest absolute Gasteiger partial charge is 0.494 e. The summed E-state index contributed by atoms with van der Waals surface area (Å²) >= 11 is 0. The molecule has 240 valence electrons. The Kier molecular flexibility index (Phi) is 7.20. The molecule has 5 aromatic rings. The molecule has 2 N–H and O–H groups in total. The van der Waals surface area contributed by atoms with Gasteiger partial charge in [-0.2, -0.15) is 5.10 Å². The first kappa shape index (κ1) is 29.3. The van der Waals surface area contributed by atoms with Crippen LogP contribution in [0.1, 0.15) is 18.9 Å². The molecule has 2 atom stereocenters. The maximum absolute atomic E-state index is 12.6. The van der Waals surface area contributed by atoms with Gasteiger partial charge >= 0.3 is 0 Å². The molecule has 0 radical (unpaired) electrons. The number of aromatic nitrogens is 5. The van der Waals surface area contributed by atoms with Gasteiger partial charge in [-0.3, -0.25) is 9.48 Å². The molecule has 1 saturated carbocycles. The van der Waals surface area contributed by atoms with E-state index in [1.807, 2.05) is 36.1 Å². The Labute approximate surface area is 273 Å². The van der Waals surface area contributed by atoms with Crippen molar-refractivity contribution in [2.75, 3.05) is 55.9 Å². The molecule has 2 aromatic carbocycles. The standard InChI is InChI=1S/C36H39N9O2/c1-5-34(46)39-28-14-29(33(47-4)15-32(28)44-19-22-17-42(2)18-23(22)20-44)40-36-37-16-26(30-12-13-38-43(30)3)35(41-36)27-21-45(24-10-11-24)31-9-7-6-8-25(27)31/h5-9,12-16,21-24H,1,10-11,17-20H2,2-4H3,(H,39,46)(H,37,40,41)/t22-,23?/m1/s1. The van der Waals surface area contributed by atoms with Gasteiger partial charge in [0.1, 0.15) is 5.75 Å². The van der Waals surface area contributed by atoms with Crippen molar-refractivity contribution in [1.29, 1.82) is 0 Å². The van der Waals surface area contributed by atoms with Crippen LogP contribution >= 0.6 is 0 Å². The van der Waals surface area contributed by atoms with Gasteiger partial charge in [-0.15, -0.1) is 0 Å². The average Bonchev–Trinajstić information content (AvgIpc) is 3.34. The molecular weight excluding hydrogens is 590 g/mol. The number of fused-ring (bicyclic) bond motifs is 2. The predicted molar refractivity (Wildman–Crippen MR) is 185 cm³/mol. The van der Waals surface area contributed by atoms with Gasteiger partial charge in [0.05, 0.1) is 35.6 Å². The van der Waals surface area contributed by atoms with Crippen molar-refractivity contribution in [2.24, 2.45) is 18.9 Å². The van der Waals surface area contributed by atoms with E-state index in [0.717, 1.165) is 59.8 Å². The van der Waals surface area contributed by atoms with E-state index in [-0.39, 0.29) is 5.91 Å². The van der Waals surface area contributed by atoms with Crippen molar-refractivity contribution < 1.29 is 9.53 Å². The average molecular weight is 630 g/mol. The van der Waals surface area contributed by atoms with E-state index in [9.17, 15) is 4.79 Å². The third-order valence-electron chi connectivity index (χ3n) is 9.84. The van der Waals surface area contributed by atoms with E-state index in [0.29, 0.717) is 41.0 Å². The summed E-state index contributed by atoms with van der Waals surface area (Å²) in [5, 5.41) is 12.0. The fraction of sp³-hybridized carbons (Fsp3) is 0.333. The SMILES string of the molecule is C=CC(=O)Nc1cc(Nc2ncc(-c3ccnn3C)c(-c3cn(C4CC4)c4ccccc34)n2)c(OC)cc1N1CC2CN(C)C[C@@H]2C1. The summed E-state index contributed by atoms with van der Waals surface area (Å²) in [6.07, 6.45) is 9.52. The van der Waals surface area contributed by atoms with Crippen LogP contribution in [0.3, 0.4) is 0 Å². The molecule has 1 aliphatic carbocycles. The van der Waals surface area contributed by atoms with Gasteiger partial charge in [-0.05, 0) is 56.0 Å². The van der Waals surface area contributed by atoms with Crippen molar-refractivity contribution in [1.82, 2.24) is 29.2 Å². The summed E-state index contributed by atoms with van der Waals surface area (Å²) in [5.74, 6) is 1.98. The van der Waals surface area contributed by atoms with Crippen LogP contribution < -0.4 is 20.3 Å². The van der Waals surface area contributed by atoms with Gasteiger partial charge in [0.2, 0.25) is 11.9 Å². The first-order valence-corrected chi connectivity index (χ1v) is 16.2. The Hall–Kier alpha value is -5.16. The number of para-hydroxylation sites is 1. The zero-order valence-electron chi connectivity index (χ0n) is 27.0. The zero-order valence-corrected chi connectivity index (χ0v) is 27.0. The minimum atomic E-state index is -0.271. The van der Waals surface area contributed by atoms with Gasteiger partial charge in [-0.1, -0.05) is 24.8 Å². The fourth-order valence-corrected chi connectivity index (χ4v) is 7.45. The van der Waals surface area contributed by atoms with Gasteiger partial charge in [0.25, 0.3) is 0 Å². The number of hydrogen-bond acceptors (Lipinski definition) is 8. The van der Waals surface area contributed by atoms with E-state index >= 15 is 0 Å². The predicted octanol–water partition coefficient (Wildman–Crippen LogP) is 5.71. The summed E-state index contributed by atoms with van der Waals surface area (Å²) in [4.78, 5) is 27.3. The molecular formula is C36H39N9O2. The number of benzene rings is 2. The molecule has 1 unspecified atom stereocenters. The monoisotopic (exact) mass is 629 g/mol. The van der Waals surface area contributed by atoms with Crippen molar-refractivity contribution in [3.05, 3.63) is 73.7 Å².